The lowest BCUT2D eigenvalue weighted by molar-refractivity contribution is -0.119. The maximum atomic E-state index is 12.1. The van der Waals surface area contributed by atoms with Crippen molar-refractivity contribution in [1.29, 1.82) is 0 Å². The SMILES string of the molecule is CCCC(C)C(=O)Nc1cccc(NC(=O)Nc2cccc(Cl)c2)c1. The van der Waals surface area contributed by atoms with Crippen molar-refractivity contribution in [1.82, 2.24) is 0 Å². The predicted octanol–water partition coefficient (Wildman–Crippen LogP) is 5.36. The fourth-order valence-corrected chi connectivity index (χ4v) is 2.55. The van der Waals surface area contributed by atoms with Crippen LogP contribution < -0.4 is 16.0 Å². The lowest BCUT2D eigenvalue weighted by atomic mass is 10.1. The highest BCUT2D eigenvalue weighted by Gasteiger charge is 2.12. The van der Waals surface area contributed by atoms with E-state index in [-0.39, 0.29) is 17.9 Å². The highest BCUT2D eigenvalue weighted by Crippen LogP contribution is 2.18. The molecule has 2 aromatic carbocycles. The molecule has 5 nitrogen and oxygen atoms in total. The lowest BCUT2D eigenvalue weighted by Gasteiger charge is -2.13. The molecule has 0 spiro atoms. The molecule has 2 rings (SSSR count). The summed E-state index contributed by atoms with van der Waals surface area (Å²) in [6.45, 7) is 3.95. The number of carbonyl (C=O) groups is 2. The summed E-state index contributed by atoms with van der Waals surface area (Å²) in [5.41, 5.74) is 1.83. The molecule has 0 bridgehead atoms. The Hall–Kier alpha value is -2.53. The van der Waals surface area contributed by atoms with Crippen LogP contribution in [-0.2, 0) is 4.79 Å². The van der Waals surface area contributed by atoms with Gasteiger partial charge in [-0.05, 0) is 42.8 Å². The third-order valence-corrected chi connectivity index (χ3v) is 3.87. The van der Waals surface area contributed by atoms with Gasteiger partial charge in [-0.1, -0.05) is 44.0 Å². The van der Waals surface area contributed by atoms with E-state index in [1.807, 2.05) is 13.8 Å². The molecule has 3 N–H and O–H groups in total. The van der Waals surface area contributed by atoms with Crippen molar-refractivity contribution in [3.05, 3.63) is 53.6 Å². The summed E-state index contributed by atoms with van der Waals surface area (Å²) in [6.07, 6.45) is 1.80. The molecular weight excluding hydrogens is 338 g/mol. The Labute approximate surface area is 152 Å². The van der Waals surface area contributed by atoms with Crippen molar-refractivity contribution in [2.45, 2.75) is 26.7 Å². The first kappa shape index (κ1) is 18.8. The van der Waals surface area contributed by atoms with Crippen molar-refractivity contribution in [2.24, 2.45) is 5.92 Å². The summed E-state index contributed by atoms with van der Waals surface area (Å²) >= 11 is 5.89. The van der Waals surface area contributed by atoms with Crippen LogP contribution in [0.25, 0.3) is 0 Å². The van der Waals surface area contributed by atoms with Gasteiger partial charge in [-0.2, -0.15) is 0 Å². The van der Waals surface area contributed by atoms with Gasteiger partial charge in [0.05, 0.1) is 0 Å². The Balaban J connectivity index is 1.96. The van der Waals surface area contributed by atoms with Crippen LogP contribution in [-0.4, -0.2) is 11.9 Å². The second-order valence-corrected chi connectivity index (χ2v) is 6.29. The summed E-state index contributed by atoms with van der Waals surface area (Å²) in [5.74, 6) is -0.0740. The van der Waals surface area contributed by atoms with Crippen LogP contribution in [0.3, 0.4) is 0 Å². The molecule has 0 saturated heterocycles. The molecule has 0 aliphatic heterocycles. The summed E-state index contributed by atoms with van der Waals surface area (Å²) in [5, 5.41) is 8.85. The number of rotatable bonds is 6. The van der Waals surface area contributed by atoms with Crippen LogP contribution in [0.1, 0.15) is 26.7 Å². The topological polar surface area (TPSA) is 70.2 Å². The van der Waals surface area contributed by atoms with E-state index < -0.39 is 0 Å². The van der Waals surface area contributed by atoms with E-state index in [0.29, 0.717) is 22.1 Å². The highest BCUT2D eigenvalue weighted by molar-refractivity contribution is 6.30. The smallest absolute Gasteiger partial charge is 0.323 e. The van der Waals surface area contributed by atoms with Gasteiger partial charge >= 0.3 is 6.03 Å². The Kier molecular flexibility index (Phi) is 6.83. The third-order valence-electron chi connectivity index (χ3n) is 3.64. The molecule has 0 saturated carbocycles. The van der Waals surface area contributed by atoms with Crippen LogP contribution in [0.5, 0.6) is 0 Å². The molecule has 1 atom stereocenters. The van der Waals surface area contributed by atoms with Crippen molar-refractivity contribution >= 4 is 40.6 Å². The molecular formula is C19H22ClN3O2. The number of anilines is 3. The van der Waals surface area contributed by atoms with Gasteiger partial charge < -0.3 is 16.0 Å². The van der Waals surface area contributed by atoms with E-state index in [0.717, 1.165) is 12.8 Å². The summed E-state index contributed by atoms with van der Waals surface area (Å²) in [4.78, 5) is 24.2. The van der Waals surface area contributed by atoms with Crippen LogP contribution in [0.4, 0.5) is 21.9 Å². The van der Waals surface area contributed by atoms with E-state index in [2.05, 4.69) is 16.0 Å². The van der Waals surface area contributed by atoms with Gasteiger partial charge in [0.25, 0.3) is 0 Å². The zero-order valence-electron chi connectivity index (χ0n) is 14.3. The maximum Gasteiger partial charge on any atom is 0.323 e. The first-order valence-corrected chi connectivity index (χ1v) is 8.60. The number of hydrogen-bond donors (Lipinski definition) is 3. The fraction of sp³-hybridized carbons (Fsp3) is 0.263. The van der Waals surface area contributed by atoms with Crippen molar-refractivity contribution in [2.75, 3.05) is 16.0 Å². The number of urea groups is 1. The number of nitrogens with one attached hydrogen (secondary N) is 3. The van der Waals surface area contributed by atoms with Gasteiger partial charge in [0, 0.05) is 28.0 Å². The number of benzene rings is 2. The zero-order chi connectivity index (χ0) is 18.2. The lowest BCUT2D eigenvalue weighted by Crippen LogP contribution is -2.21. The quantitative estimate of drug-likeness (QED) is 0.649. The molecule has 0 fully saturated rings. The predicted molar refractivity (Wildman–Crippen MR) is 103 cm³/mol. The summed E-state index contributed by atoms with van der Waals surface area (Å²) < 4.78 is 0. The largest absolute Gasteiger partial charge is 0.326 e. The van der Waals surface area contributed by atoms with E-state index in [1.54, 1.807) is 48.5 Å². The Morgan fingerprint density at radius 1 is 0.960 bits per heavy atom. The van der Waals surface area contributed by atoms with Gasteiger partial charge in [0.2, 0.25) is 5.91 Å². The standard InChI is InChI=1S/C19H22ClN3O2/c1-3-6-13(2)18(24)21-16-9-5-10-17(12-16)23-19(25)22-15-8-4-7-14(20)11-15/h4-5,7-13H,3,6H2,1-2H3,(H,21,24)(H2,22,23,25). The molecule has 25 heavy (non-hydrogen) atoms. The molecule has 0 aliphatic carbocycles. The number of carbonyl (C=O) groups excluding carboxylic acids is 2. The maximum absolute atomic E-state index is 12.1. The monoisotopic (exact) mass is 359 g/mol. The first-order valence-electron chi connectivity index (χ1n) is 8.22. The molecule has 0 radical (unpaired) electrons. The number of hydrogen-bond acceptors (Lipinski definition) is 2. The fourth-order valence-electron chi connectivity index (χ4n) is 2.36. The normalized spacial score (nSPS) is 11.5. The van der Waals surface area contributed by atoms with Gasteiger partial charge in [-0.15, -0.1) is 0 Å². The van der Waals surface area contributed by atoms with E-state index in [9.17, 15) is 9.59 Å². The minimum absolute atomic E-state index is 0.0256. The second kappa shape index (κ2) is 9.08. The van der Waals surface area contributed by atoms with Crippen LogP contribution in [0.15, 0.2) is 48.5 Å². The molecule has 6 heteroatoms. The average molecular weight is 360 g/mol. The van der Waals surface area contributed by atoms with Crippen molar-refractivity contribution < 1.29 is 9.59 Å². The van der Waals surface area contributed by atoms with Crippen LogP contribution in [0, 0.1) is 5.92 Å². The van der Waals surface area contributed by atoms with Crippen molar-refractivity contribution in [3.63, 3.8) is 0 Å². The molecule has 0 heterocycles. The van der Waals surface area contributed by atoms with Gasteiger partial charge in [-0.25, -0.2) is 4.79 Å². The molecule has 0 aliphatic rings. The minimum Gasteiger partial charge on any atom is -0.326 e. The molecule has 3 amide bonds. The average Bonchev–Trinajstić information content (AvgIpc) is 2.55. The van der Waals surface area contributed by atoms with Crippen LogP contribution >= 0.6 is 11.6 Å². The van der Waals surface area contributed by atoms with E-state index >= 15 is 0 Å². The van der Waals surface area contributed by atoms with Crippen LogP contribution in [0.2, 0.25) is 5.02 Å². The van der Waals surface area contributed by atoms with E-state index in [1.165, 1.54) is 0 Å². The van der Waals surface area contributed by atoms with Gasteiger partial charge in [0.15, 0.2) is 0 Å². The van der Waals surface area contributed by atoms with Gasteiger partial charge in [-0.3, -0.25) is 4.79 Å². The molecule has 1 unspecified atom stereocenters. The third kappa shape index (κ3) is 6.12. The highest BCUT2D eigenvalue weighted by atomic mass is 35.5. The number of halogens is 1. The summed E-state index contributed by atoms with van der Waals surface area (Å²) in [6, 6.07) is 13.5. The zero-order valence-corrected chi connectivity index (χ0v) is 15.1. The molecule has 2 aromatic rings. The Bertz CT molecular complexity index is 749. The number of amides is 3. The molecule has 0 aromatic heterocycles. The Morgan fingerprint density at radius 3 is 2.12 bits per heavy atom. The summed E-state index contributed by atoms with van der Waals surface area (Å²) in [7, 11) is 0. The first-order chi connectivity index (χ1) is 12.0. The Morgan fingerprint density at radius 2 is 1.52 bits per heavy atom. The van der Waals surface area contributed by atoms with Crippen molar-refractivity contribution in [3.8, 4) is 0 Å². The van der Waals surface area contributed by atoms with Gasteiger partial charge in [0.1, 0.15) is 0 Å². The second-order valence-electron chi connectivity index (χ2n) is 5.85. The minimum atomic E-state index is -0.384. The van der Waals surface area contributed by atoms with E-state index in [4.69, 9.17) is 11.6 Å². The molecule has 132 valence electrons.